The molecule has 1 saturated carbocycles. The molecular formula is C17H23ClN2O2. The van der Waals surface area contributed by atoms with Gasteiger partial charge in [-0.25, -0.2) is 0 Å². The molecule has 1 spiro atoms. The van der Waals surface area contributed by atoms with E-state index in [4.69, 9.17) is 16.3 Å². The van der Waals surface area contributed by atoms with Crippen LogP contribution in [0.1, 0.15) is 32.6 Å². The Bertz CT molecular complexity index is 556. The lowest BCUT2D eigenvalue weighted by Gasteiger charge is -2.22. The average Bonchev–Trinajstić information content (AvgIpc) is 3.20. The molecule has 1 aromatic carbocycles. The zero-order valence-electron chi connectivity index (χ0n) is 13.0. The Hall–Kier alpha value is -1.26. The third kappa shape index (κ3) is 3.23. The fraction of sp³-hybridized carbons (Fsp3) is 0.588. The predicted molar refractivity (Wildman–Crippen MR) is 89.5 cm³/mol. The van der Waals surface area contributed by atoms with Crippen molar-refractivity contribution in [1.29, 1.82) is 0 Å². The molecule has 2 N–H and O–H groups in total. The predicted octanol–water partition coefficient (Wildman–Crippen LogP) is 3.92. The highest BCUT2D eigenvalue weighted by molar-refractivity contribution is 6.31. The van der Waals surface area contributed by atoms with Crippen LogP contribution in [0.25, 0.3) is 0 Å². The Kier molecular flexibility index (Phi) is 4.59. The number of anilines is 2. The van der Waals surface area contributed by atoms with Gasteiger partial charge in [0.05, 0.1) is 11.4 Å². The number of hydrogen-bond acceptors (Lipinski definition) is 3. The lowest BCUT2D eigenvalue weighted by atomic mass is 9.93. The van der Waals surface area contributed by atoms with Crippen LogP contribution < -0.4 is 10.6 Å². The van der Waals surface area contributed by atoms with Gasteiger partial charge in [-0.05, 0) is 49.3 Å². The van der Waals surface area contributed by atoms with E-state index >= 15 is 0 Å². The summed E-state index contributed by atoms with van der Waals surface area (Å²) in [6, 6.07) is 5.58. The maximum atomic E-state index is 12.6. The van der Waals surface area contributed by atoms with Crippen molar-refractivity contribution in [3.8, 4) is 0 Å². The van der Waals surface area contributed by atoms with Gasteiger partial charge < -0.3 is 15.4 Å². The van der Waals surface area contributed by atoms with E-state index in [2.05, 4.69) is 17.6 Å². The molecule has 1 aliphatic carbocycles. The molecule has 1 saturated heterocycles. The number of benzene rings is 1. The maximum Gasteiger partial charge on any atom is 0.228 e. The first-order valence-electron chi connectivity index (χ1n) is 8.07. The number of carbonyl (C=O) groups excluding carboxylic acids is 1. The Morgan fingerprint density at radius 2 is 2.14 bits per heavy atom. The van der Waals surface area contributed by atoms with Crippen molar-refractivity contribution in [3.05, 3.63) is 23.2 Å². The summed E-state index contributed by atoms with van der Waals surface area (Å²) in [6.45, 7) is 4.55. The summed E-state index contributed by atoms with van der Waals surface area (Å²) in [6.07, 6.45) is 4.02. The van der Waals surface area contributed by atoms with Crippen LogP contribution in [-0.4, -0.2) is 25.7 Å². The zero-order valence-corrected chi connectivity index (χ0v) is 13.7. The SMILES string of the molecule is CCCNc1ccc(Cl)cc1NC(=O)C1CC12CCOCC2. The molecule has 0 radical (unpaired) electrons. The van der Waals surface area contributed by atoms with E-state index < -0.39 is 0 Å². The summed E-state index contributed by atoms with van der Waals surface area (Å²) in [4.78, 5) is 12.6. The van der Waals surface area contributed by atoms with Crippen LogP contribution in [0.15, 0.2) is 18.2 Å². The molecule has 1 aromatic rings. The number of halogens is 1. The molecule has 1 unspecified atom stereocenters. The fourth-order valence-corrected chi connectivity index (χ4v) is 3.47. The van der Waals surface area contributed by atoms with Crippen LogP contribution in [0.5, 0.6) is 0 Å². The molecular weight excluding hydrogens is 300 g/mol. The van der Waals surface area contributed by atoms with Gasteiger partial charge in [0.1, 0.15) is 0 Å². The fourth-order valence-electron chi connectivity index (χ4n) is 3.30. The molecule has 2 fully saturated rings. The van der Waals surface area contributed by atoms with Gasteiger partial charge in [-0.15, -0.1) is 0 Å². The highest BCUT2D eigenvalue weighted by atomic mass is 35.5. The van der Waals surface area contributed by atoms with E-state index in [9.17, 15) is 4.79 Å². The van der Waals surface area contributed by atoms with E-state index in [1.807, 2.05) is 18.2 Å². The van der Waals surface area contributed by atoms with Crippen LogP contribution >= 0.6 is 11.6 Å². The third-order valence-corrected chi connectivity index (χ3v) is 5.03. The van der Waals surface area contributed by atoms with Gasteiger partial charge >= 0.3 is 0 Å². The Balaban J connectivity index is 1.67. The van der Waals surface area contributed by atoms with Crippen molar-refractivity contribution in [3.63, 3.8) is 0 Å². The molecule has 0 aromatic heterocycles. The van der Waals surface area contributed by atoms with Gasteiger partial charge in [0, 0.05) is 30.7 Å². The van der Waals surface area contributed by atoms with Crippen LogP contribution in [0.4, 0.5) is 11.4 Å². The van der Waals surface area contributed by atoms with Gasteiger partial charge in [0.25, 0.3) is 0 Å². The topological polar surface area (TPSA) is 50.4 Å². The molecule has 5 heteroatoms. The number of nitrogens with one attached hydrogen (secondary N) is 2. The Morgan fingerprint density at radius 1 is 1.36 bits per heavy atom. The van der Waals surface area contributed by atoms with Crippen LogP contribution in [-0.2, 0) is 9.53 Å². The minimum absolute atomic E-state index is 0.115. The van der Waals surface area contributed by atoms with Crippen LogP contribution in [0, 0.1) is 11.3 Å². The second-order valence-corrected chi connectivity index (χ2v) is 6.77. The molecule has 1 amide bonds. The molecule has 1 atom stereocenters. The van der Waals surface area contributed by atoms with Gasteiger partial charge in [-0.3, -0.25) is 4.79 Å². The summed E-state index contributed by atoms with van der Waals surface area (Å²) in [5.41, 5.74) is 1.90. The van der Waals surface area contributed by atoms with Crippen LogP contribution in [0.2, 0.25) is 5.02 Å². The van der Waals surface area contributed by atoms with E-state index in [0.29, 0.717) is 5.02 Å². The first-order valence-corrected chi connectivity index (χ1v) is 8.44. The number of amides is 1. The summed E-state index contributed by atoms with van der Waals surface area (Å²) < 4.78 is 5.41. The number of rotatable bonds is 5. The molecule has 1 heterocycles. The quantitative estimate of drug-likeness (QED) is 0.864. The molecule has 22 heavy (non-hydrogen) atoms. The maximum absolute atomic E-state index is 12.6. The summed E-state index contributed by atoms with van der Waals surface area (Å²) in [5, 5.41) is 7.03. The molecule has 4 nitrogen and oxygen atoms in total. The molecule has 120 valence electrons. The first kappa shape index (κ1) is 15.6. The summed E-state index contributed by atoms with van der Waals surface area (Å²) in [7, 11) is 0. The average molecular weight is 323 g/mol. The van der Waals surface area contributed by atoms with Gasteiger partial charge in [-0.1, -0.05) is 18.5 Å². The standard InChI is InChI=1S/C17H23ClN2O2/c1-2-7-19-14-4-3-12(18)10-15(14)20-16(21)13-11-17(13)5-8-22-9-6-17/h3-4,10,13,19H,2,5-9,11H2,1H3,(H,20,21). The molecule has 0 bridgehead atoms. The zero-order chi connectivity index (χ0) is 15.6. The lowest BCUT2D eigenvalue weighted by Crippen LogP contribution is -2.24. The van der Waals surface area contributed by atoms with E-state index in [1.54, 1.807) is 0 Å². The van der Waals surface area contributed by atoms with Gasteiger partial charge in [0.15, 0.2) is 0 Å². The third-order valence-electron chi connectivity index (χ3n) is 4.80. The Labute approximate surface area is 136 Å². The highest BCUT2D eigenvalue weighted by Crippen LogP contribution is 2.59. The van der Waals surface area contributed by atoms with Crippen molar-refractivity contribution < 1.29 is 9.53 Å². The molecule has 2 aliphatic rings. The largest absolute Gasteiger partial charge is 0.383 e. The Morgan fingerprint density at radius 3 is 2.86 bits per heavy atom. The monoisotopic (exact) mass is 322 g/mol. The number of carbonyl (C=O) groups is 1. The number of hydrogen-bond donors (Lipinski definition) is 2. The summed E-state index contributed by atoms with van der Waals surface area (Å²) >= 11 is 6.08. The molecule has 3 rings (SSSR count). The van der Waals surface area contributed by atoms with Crippen molar-refractivity contribution in [2.24, 2.45) is 11.3 Å². The first-order chi connectivity index (χ1) is 10.6. The normalized spacial score (nSPS) is 22.4. The second-order valence-electron chi connectivity index (χ2n) is 6.34. The second kappa shape index (κ2) is 6.47. The minimum Gasteiger partial charge on any atom is -0.383 e. The molecule has 1 aliphatic heterocycles. The van der Waals surface area contributed by atoms with Gasteiger partial charge in [-0.2, -0.15) is 0 Å². The van der Waals surface area contributed by atoms with E-state index in [0.717, 1.165) is 56.8 Å². The van der Waals surface area contributed by atoms with E-state index in [-0.39, 0.29) is 17.2 Å². The minimum atomic E-state index is 0.115. The lowest BCUT2D eigenvalue weighted by molar-refractivity contribution is -0.118. The van der Waals surface area contributed by atoms with Crippen molar-refractivity contribution in [1.82, 2.24) is 0 Å². The van der Waals surface area contributed by atoms with Crippen molar-refractivity contribution in [2.45, 2.75) is 32.6 Å². The highest BCUT2D eigenvalue weighted by Gasteiger charge is 2.58. The van der Waals surface area contributed by atoms with Crippen LogP contribution in [0.3, 0.4) is 0 Å². The van der Waals surface area contributed by atoms with Crippen molar-refractivity contribution in [2.75, 3.05) is 30.4 Å². The summed E-state index contributed by atoms with van der Waals surface area (Å²) in [5.74, 6) is 0.234. The van der Waals surface area contributed by atoms with E-state index in [1.165, 1.54) is 0 Å². The van der Waals surface area contributed by atoms with Crippen molar-refractivity contribution >= 4 is 28.9 Å². The smallest absolute Gasteiger partial charge is 0.228 e. The van der Waals surface area contributed by atoms with Gasteiger partial charge in [0.2, 0.25) is 5.91 Å². The number of ether oxygens (including phenoxy) is 1.